The van der Waals surface area contributed by atoms with Crippen molar-refractivity contribution in [3.63, 3.8) is 0 Å². The molecule has 0 bridgehead atoms. The zero-order chi connectivity index (χ0) is 16.8. The number of carbonyl (C=O) groups excluding carboxylic acids is 1. The first-order chi connectivity index (χ1) is 10.2. The lowest BCUT2D eigenvalue weighted by molar-refractivity contribution is -0.139. The fourth-order valence-corrected chi connectivity index (χ4v) is 2.44. The van der Waals surface area contributed by atoms with Gasteiger partial charge >= 0.3 is 5.97 Å². The van der Waals surface area contributed by atoms with E-state index in [9.17, 15) is 18.0 Å². The van der Waals surface area contributed by atoms with E-state index >= 15 is 0 Å². The van der Waals surface area contributed by atoms with Crippen LogP contribution < -0.4 is 10.6 Å². The summed E-state index contributed by atoms with van der Waals surface area (Å²) in [6, 6.07) is 5.00. The van der Waals surface area contributed by atoms with Crippen molar-refractivity contribution in [3.05, 3.63) is 24.3 Å². The second-order valence-electron chi connectivity index (χ2n) is 4.91. The highest BCUT2D eigenvalue weighted by atomic mass is 35.5. The summed E-state index contributed by atoms with van der Waals surface area (Å²) in [4.78, 5) is 22.8. The molecule has 7 nitrogen and oxygen atoms in total. The molecule has 0 aliphatic carbocycles. The molecule has 130 valence electrons. The monoisotopic (exact) mass is 364 g/mol. The Balaban J connectivity index is 0.00000484. The minimum atomic E-state index is -3.28. The molecule has 0 aromatic heterocycles. The molecule has 1 unspecified atom stereocenters. The summed E-state index contributed by atoms with van der Waals surface area (Å²) in [5, 5.41) is 14.2. The zero-order valence-electron chi connectivity index (χ0n) is 12.9. The summed E-state index contributed by atoms with van der Waals surface area (Å²) >= 11 is 0. The number of sulfone groups is 1. The Kier molecular flexibility index (Phi) is 8.81. The third-order valence-corrected chi connectivity index (χ3v) is 4.08. The smallest absolute Gasteiger partial charge is 0.320 e. The third-order valence-electron chi connectivity index (χ3n) is 2.95. The minimum absolute atomic E-state index is 0. The highest BCUT2D eigenvalue weighted by Crippen LogP contribution is 2.13. The van der Waals surface area contributed by atoms with Crippen molar-refractivity contribution >= 4 is 39.8 Å². The molecule has 23 heavy (non-hydrogen) atoms. The number of hydrogen-bond donors (Lipinski definition) is 3. The number of nitrogens with one attached hydrogen (secondary N) is 2. The number of aliphatic carboxylic acids is 1. The van der Waals surface area contributed by atoms with Gasteiger partial charge in [0.05, 0.1) is 11.4 Å². The Labute approximate surface area is 141 Å². The summed E-state index contributed by atoms with van der Waals surface area (Å²) in [6.45, 7) is 1.73. The van der Waals surface area contributed by atoms with E-state index in [1.54, 1.807) is 0 Å². The van der Waals surface area contributed by atoms with Gasteiger partial charge < -0.3 is 10.4 Å². The van der Waals surface area contributed by atoms with E-state index in [2.05, 4.69) is 10.6 Å². The summed E-state index contributed by atoms with van der Waals surface area (Å²) in [6.07, 6.45) is 2.23. The maximum absolute atomic E-state index is 11.7. The summed E-state index contributed by atoms with van der Waals surface area (Å²) in [5.74, 6) is -1.39. The molecular formula is C14H21ClN2O5S. The van der Waals surface area contributed by atoms with Crippen LogP contribution in [0.4, 0.5) is 5.69 Å². The van der Waals surface area contributed by atoms with Crippen LogP contribution in [-0.2, 0) is 19.4 Å². The van der Waals surface area contributed by atoms with Gasteiger partial charge in [0.2, 0.25) is 5.91 Å². The number of carbonyl (C=O) groups is 2. The molecule has 1 amide bonds. The molecule has 3 N–H and O–H groups in total. The van der Waals surface area contributed by atoms with Gasteiger partial charge in [-0.15, -0.1) is 12.4 Å². The van der Waals surface area contributed by atoms with Gasteiger partial charge in [0, 0.05) is 11.9 Å². The average molecular weight is 365 g/mol. The number of carboxylic acids is 1. The Morgan fingerprint density at radius 3 is 2.22 bits per heavy atom. The highest BCUT2D eigenvalue weighted by Gasteiger charge is 2.16. The molecule has 1 atom stereocenters. The van der Waals surface area contributed by atoms with E-state index in [1.165, 1.54) is 24.3 Å². The van der Waals surface area contributed by atoms with Crippen LogP contribution in [0.2, 0.25) is 0 Å². The number of anilines is 1. The Morgan fingerprint density at radius 2 is 1.78 bits per heavy atom. The molecule has 1 aromatic carbocycles. The number of carboxylic acid groups (broad SMARTS) is 1. The van der Waals surface area contributed by atoms with Gasteiger partial charge in [0.1, 0.15) is 6.04 Å². The van der Waals surface area contributed by atoms with E-state index in [1.807, 2.05) is 6.92 Å². The largest absolute Gasteiger partial charge is 0.480 e. The molecule has 1 aromatic rings. The van der Waals surface area contributed by atoms with Crippen LogP contribution in [0.5, 0.6) is 0 Å². The van der Waals surface area contributed by atoms with Crippen molar-refractivity contribution in [1.82, 2.24) is 5.32 Å². The molecule has 0 radical (unpaired) electrons. The SMILES string of the molecule is CCCC(NCC(=O)Nc1ccc(S(C)(=O)=O)cc1)C(=O)O.Cl. The summed E-state index contributed by atoms with van der Waals surface area (Å²) in [5.41, 5.74) is 0.446. The fraction of sp³-hybridized carbons (Fsp3) is 0.429. The third kappa shape index (κ3) is 7.45. The second kappa shape index (κ2) is 9.49. The van der Waals surface area contributed by atoms with Crippen molar-refractivity contribution in [2.45, 2.75) is 30.7 Å². The van der Waals surface area contributed by atoms with Gasteiger partial charge in [-0.2, -0.15) is 0 Å². The standard InChI is InChI=1S/C14H20N2O5S.ClH/c1-3-4-12(14(18)19)15-9-13(17)16-10-5-7-11(8-6-10)22(2,20)21;/h5-8,12,15H,3-4,9H2,1-2H3,(H,16,17)(H,18,19);1H. The molecule has 0 heterocycles. The van der Waals surface area contributed by atoms with E-state index in [-0.39, 0.29) is 23.8 Å². The predicted octanol–water partition coefficient (Wildman–Crippen LogP) is 1.29. The summed E-state index contributed by atoms with van der Waals surface area (Å²) < 4.78 is 22.6. The molecule has 0 saturated heterocycles. The van der Waals surface area contributed by atoms with Crippen LogP contribution in [-0.4, -0.2) is 44.2 Å². The van der Waals surface area contributed by atoms with Crippen molar-refractivity contribution in [2.24, 2.45) is 0 Å². The number of halogens is 1. The van der Waals surface area contributed by atoms with Crippen LogP contribution in [0, 0.1) is 0 Å². The van der Waals surface area contributed by atoms with Crippen LogP contribution in [0.25, 0.3) is 0 Å². The molecule has 9 heteroatoms. The molecule has 0 aliphatic rings. The van der Waals surface area contributed by atoms with Crippen molar-refractivity contribution in [1.29, 1.82) is 0 Å². The van der Waals surface area contributed by atoms with E-state index in [0.29, 0.717) is 18.5 Å². The predicted molar refractivity (Wildman–Crippen MR) is 89.8 cm³/mol. The van der Waals surface area contributed by atoms with Gasteiger partial charge in [-0.3, -0.25) is 14.9 Å². The fourth-order valence-electron chi connectivity index (χ4n) is 1.81. The maximum atomic E-state index is 11.7. The highest BCUT2D eigenvalue weighted by molar-refractivity contribution is 7.90. The zero-order valence-corrected chi connectivity index (χ0v) is 14.5. The number of amides is 1. The Bertz CT molecular complexity index is 631. The van der Waals surface area contributed by atoms with Gasteiger partial charge in [0.15, 0.2) is 9.84 Å². The normalized spacial score (nSPS) is 12.1. The number of rotatable bonds is 8. The summed E-state index contributed by atoms with van der Waals surface area (Å²) in [7, 11) is -3.28. The molecule has 0 spiro atoms. The van der Waals surface area contributed by atoms with Gasteiger partial charge in [-0.1, -0.05) is 13.3 Å². The van der Waals surface area contributed by atoms with Crippen LogP contribution in [0.1, 0.15) is 19.8 Å². The molecular weight excluding hydrogens is 344 g/mol. The van der Waals surface area contributed by atoms with E-state index in [0.717, 1.165) is 6.26 Å². The molecule has 0 fully saturated rings. The first-order valence-corrected chi connectivity index (χ1v) is 8.69. The van der Waals surface area contributed by atoms with Crippen LogP contribution >= 0.6 is 12.4 Å². The quantitative estimate of drug-likeness (QED) is 0.640. The molecule has 0 saturated carbocycles. The maximum Gasteiger partial charge on any atom is 0.320 e. The van der Waals surface area contributed by atoms with E-state index < -0.39 is 27.8 Å². The first kappa shape index (κ1) is 21.4. The average Bonchev–Trinajstić information content (AvgIpc) is 2.42. The molecule has 1 rings (SSSR count). The van der Waals surface area contributed by atoms with Crippen LogP contribution in [0.3, 0.4) is 0 Å². The van der Waals surface area contributed by atoms with E-state index in [4.69, 9.17) is 5.11 Å². The van der Waals surface area contributed by atoms with Crippen molar-refractivity contribution < 1.29 is 23.1 Å². The van der Waals surface area contributed by atoms with Crippen molar-refractivity contribution in [2.75, 3.05) is 18.1 Å². The number of benzene rings is 1. The lowest BCUT2D eigenvalue weighted by Crippen LogP contribution is -2.41. The lowest BCUT2D eigenvalue weighted by Gasteiger charge is -2.13. The Hall–Kier alpha value is -1.64. The van der Waals surface area contributed by atoms with Gasteiger partial charge in [-0.25, -0.2) is 8.42 Å². The molecule has 0 aliphatic heterocycles. The lowest BCUT2D eigenvalue weighted by atomic mass is 10.2. The first-order valence-electron chi connectivity index (χ1n) is 6.80. The number of hydrogen-bond acceptors (Lipinski definition) is 5. The second-order valence-corrected chi connectivity index (χ2v) is 6.92. The Morgan fingerprint density at radius 1 is 1.22 bits per heavy atom. The van der Waals surface area contributed by atoms with Crippen molar-refractivity contribution in [3.8, 4) is 0 Å². The van der Waals surface area contributed by atoms with Gasteiger partial charge in [0.25, 0.3) is 0 Å². The topological polar surface area (TPSA) is 113 Å². The minimum Gasteiger partial charge on any atom is -0.480 e. The van der Waals surface area contributed by atoms with Gasteiger partial charge in [-0.05, 0) is 30.7 Å². The van der Waals surface area contributed by atoms with Crippen LogP contribution in [0.15, 0.2) is 29.2 Å².